The van der Waals surface area contributed by atoms with Crippen LogP contribution in [0.15, 0.2) is 10.7 Å². The number of pyridine rings is 1. The number of aromatic nitrogens is 1. The summed E-state index contributed by atoms with van der Waals surface area (Å²) in [6.45, 7) is 2.67. The zero-order chi connectivity index (χ0) is 13.0. The first-order chi connectivity index (χ1) is 7.93. The first-order valence-electron chi connectivity index (χ1n) is 4.60. The molecule has 0 bridgehead atoms. The molecule has 0 saturated heterocycles. The van der Waals surface area contributed by atoms with Gasteiger partial charge in [0.05, 0.1) is 5.69 Å². The van der Waals surface area contributed by atoms with Gasteiger partial charge in [-0.05, 0) is 15.9 Å². The highest BCUT2D eigenvalue weighted by Crippen LogP contribution is 2.25. The molecule has 2 amide bonds. The van der Waals surface area contributed by atoms with Crippen LogP contribution in [0.5, 0.6) is 0 Å². The van der Waals surface area contributed by atoms with Crippen LogP contribution in [0.4, 0.5) is 11.5 Å². The number of hydrogen-bond donors (Lipinski definition) is 2. The van der Waals surface area contributed by atoms with Crippen molar-refractivity contribution in [1.82, 2.24) is 4.98 Å². The summed E-state index contributed by atoms with van der Waals surface area (Å²) in [5, 5.41) is 13.9. The average molecular weight is 297 g/mol. The molecule has 0 spiro atoms. The topological polar surface area (TPSA) is 94.9 Å². The quantitative estimate of drug-likeness (QED) is 0.811. The van der Waals surface area contributed by atoms with Gasteiger partial charge in [-0.1, -0.05) is 0 Å². The summed E-state index contributed by atoms with van der Waals surface area (Å²) in [6, 6.07) is 3.34. The van der Waals surface area contributed by atoms with Crippen LogP contribution in [0.25, 0.3) is 0 Å². The van der Waals surface area contributed by atoms with E-state index in [0.29, 0.717) is 5.69 Å². The summed E-state index contributed by atoms with van der Waals surface area (Å²) in [5.41, 5.74) is 0.500. The first-order valence-corrected chi connectivity index (χ1v) is 5.39. The fraction of sp³-hybridized carbons (Fsp3) is 0.200. The molecular formula is C10H9BrN4O2. The van der Waals surface area contributed by atoms with Crippen molar-refractivity contribution in [1.29, 1.82) is 5.26 Å². The van der Waals surface area contributed by atoms with Gasteiger partial charge in [0.2, 0.25) is 11.8 Å². The third kappa shape index (κ3) is 3.53. The van der Waals surface area contributed by atoms with Crippen LogP contribution in [0.1, 0.15) is 19.4 Å². The van der Waals surface area contributed by atoms with E-state index in [9.17, 15) is 9.59 Å². The Balaban J connectivity index is 3.24. The summed E-state index contributed by atoms with van der Waals surface area (Å²) in [7, 11) is 0. The average Bonchev–Trinajstić information content (AvgIpc) is 2.14. The Kier molecular flexibility index (Phi) is 4.17. The van der Waals surface area contributed by atoms with Gasteiger partial charge in [-0.2, -0.15) is 5.26 Å². The maximum atomic E-state index is 11.0. The van der Waals surface area contributed by atoms with Gasteiger partial charge in [-0.25, -0.2) is 4.98 Å². The minimum atomic E-state index is -0.312. The highest BCUT2D eigenvalue weighted by molar-refractivity contribution is 9.10. The number of nitrogens with one attached hydrogen (secondary N) is 2. The number of carbonyl (C=O) groups is 2. The molecule has 0 aliphatic rings. The minimum Gasteiger partial charge on any atom is -0.325 e. The third-order valence-electron chi connectivity index (χ3n) is 1.70. The molecule has 1 heterocycles. The summed E-state index contributed by atoms with van der Waals surface area (Å²) < 4.78 is 0.259. The van der Waals surface area contributed by atoms with Crippen LogP contribution in [0, 0.1) is 11.3 Å². The first kappa shape index (κ1) is 13.1. The largest absolute Gasteiger partial charge is 0.325 e. The molecule has 1 aromatic heterocycles. The molecule has 17 heavy (non-hydrogen) atoms. The fourth-order valence-corrected chi connectivity index (χ4v) is 1.65. The summed E-state index contributed by atoms with van der Waals surface area (Å²) in [6.07, 6.45) is 0. The van der Waals surface area contributed by atoms with Crippen LogP contribution in [-0.2, 0) is 9.59 Å². The minimum absolute atomic E-state index is 0.203. The number of halogens is 1. The summed E-state index contributed by atoms with van der Waals surface area (Å²) >= 11 is 3.10. The molecule has 0 saturated carbocycles. The van der Waals surface area contributed by atoms with E-state index in [1.54, 1.807) is 0 Å². The Labute approximate surface area is 106 Å². The second kappa shape index (κ2) is 5.41. The van der Waals surface area contributed by atoms with Gasteiger partial charge < -0.3 is 10.6 Å². The highest BCUT2D eigenvalue weighted by atomic mass is 79.9. The maximum absolute atomic E-state index is 11.0. The number of carbonyl (C=O) groups excluding carboxylic acids is 2. The Hall–Kier alpha value is -1.94. The number of hydrogen-bond acceptors (Lipinski definition) is 4. The molecule has 1 rings (SSSR count). The lowest BCUT2D eigenvalue weighted by Crippen LogP contribution is -2.12. The van der Waals surface area contributed by atoms with E-state index in [4.69, 9.17) is 5.26 Å². The molecule has 2 N–H and O–H groups in total. The zero-order valence-electron chi connectivity index (χ0n) is 9.17. The molecule has 7 heteroatoms. The summed E-state index contributed by atoms with van der Waals surface area (Å²) in [5.74, 6) is -0.344. The predicted octanol–water partition coefficient (Wildman–Crippen LogP) is 1.63. The molecule has 88 valence electrons. The maximum Gasteiger partial charge on any atom is 0.222 e. The standard InChI is InChI=1S/C10H9BrN4O2/c1-5(16)13-8-3-9(14-6(2)17)15-10(11)7(8)4-12/h3H,1-2H3,(H2,13,14,15,16,17). The SMILES string of the molecule is CC(=O)Nc1cc(NC(C)=O)c(C#N)c(Br)n1. The number of nitrogens with zero attached hydrogens (tertiary/aromatic N) is 2. The zero-order valence-corrected chi connectivity index (χ0v) is 10.8. The molecule has 1 aromatic rings. The number of anilines is 2. The van der Waals surface area contributed by atoms with Crippen molar-refractivity contribution < 1.29 is 9.59 Å². The predicted molar refractivity (Wildman–Crippen MR) is 65.3 cm³/mol. The highest BCUT2D eigenvalue weighted by Gasteiger charge is 2.12. The third-order valence-corrected chi connectivity index (χ3v) is 2.28. The van der Waals surface area contributed by atoms with Gasteiger partial charge >= 0.3 is 0 Å². The van der Waals surface area contributed by atoms with Crippen molar-refractivity contribution in [3.63, 3.8) is 0 Å². The van der Waals surface area contributed by atoms with Gasteiger partial charge in [0.1, 0.15) is 22.1 Å². The fourth-order valence-electron chi connectivity index (χ4n) is 1.15. The van der Waals surface area contributed by atoms with Crippen molar-refractivity contribution in [2.45, 2.75) is 13.8 Å². The molecule has 0 aliphatic carbocycles. The van der Waals surface area contributed by atoms with E-state index < -0.39 is 0 Å². The Morgan fingerprint density at radius 3 is 2.41 bits per heavy atom. The van der Waals surface area contributed by atoms with Crippen molar-refractivity contribution in [3.8, 4) is 6.07 Å². The monoisotopic (exact) mass is 296 g/mol. The molecule has 0 aromatic carbocycles. The van der Waals surface area contributed by atoms with Crippen molar-refractivity contribution in [3.05, 3.63) is 16.2 Å². The number of rotatable bonds is 2. The van der Waals surface area contributed by atoms with E-state index in [1.165, 1.54) is 19.9 Å². The molecule has 0 unspecified atom stereocenters. The lowest BCUT2D eigenvalue weighted by atomic mass is 10.2. The van der Waals surface area contributed by atoms with E-state index >= 15 is 0 Å². The number of amides is 2. The van der Waals surface area contributed by atoms with Gasteiger partial charge in [0.25, 0.3) is 0 Å². The van der Waals surface area contributed by atoms with Crippen molar-refractivity contribution in [2.75, 3.05) is 10.6 Å². The van der Waals surface area contributed by atoms with Crippen molar-refractivity contribution in [2.24, 2.45) is 0 Å². The molecule has 0 fully saturated rings. The second-order valence-corrected chi connectivity index (χ2v) is 3.95. The van der Waals surface area contributed by atoms with Gasteiger partial charge in [-0.3, -0.25) is 9.59 Å². The van der Waals surface area contributed by atoms with Gasteiger partial charge in [0.15, 0.2) is 0 Å². The lowest BCUT2D eigenvalue weighted by molar-refractivity contribution is -0.115. The van der Waals surface area contributed by atoms with E-state index in [1.807, 2.05) is 6.07 Å². The summed E-state index contributed by atoms with van der Waals surface area (Å²) in [4.78, 5) is 25.8. The Morgan fingerprint density at radius 1 is 1.35 bits per heavy atom. The van der Waals surface area contributed by atoms with E-state index in [2.05, 4.69) is 31.5 Å². The smallest absolute Gasteiger partial charge is 0.222 e. The van der Waals surface area contributed by atoms with Crippen LogP contribution in [0.2, 0.25) is 0 Å². The normalized spacial score (nSPS) is 9.29. The van der Waals surface area contributed by atoms with E-state index in [0.717, 1.165) is 0 Å². The van der Waals surface area contributed by atoms with Gasteiger partial charge in [-0.15, -0.1) is 0 Å². The van der Waals surface area contributed by atoms with Crippen LogP contribution in [0.3, 0.4) is 0 Å². The molecular weight excluding hydrogens is 288 g/mol. The molecule has 0 atom stereocenters. The van der Waals surface area contributed by atoms with Gasteiger partial charge in [0, 0.05) is 19.9 Å². The molecule has 6 nitrogen and oxygen atoms in total. The van der Waals surface area contributed by atoms with Crippen LogP contribution >= 0.6 is 15.9 Å². The van der Waals surface area contributed by atoms with E-state index in [-0.39, 0.29) is 27.8 Å². The molecule has 0 aliphatic heterocycles. The lowest BCUT2D eigenvalue weighted by Gasteiger charge is -2.09. The molecule has 0 radical (unpaired) electrons. The Bertz CT molecular complexity index is 522. The second-order valence-electron chi connectivity index (χ2n) is 3.20. The van der Waals surface area contributed by atoms with Crippen LogP contribution < -0.4 is 10.6 Å². The Morgan fingerprint density at radius 2 is 1.94 bits per heavy atom. The van der Waals surface area contributed by atoms with Crippen LogP contribution in [-0.4, -0.2) is 16.8 Å². The van der Waals surface area contributed by atoms with Crippen molar-refractivity contribution >= 4 is 39.2 Å². The number of nitriles is 1.